The van der Waals surface area contributed by atoms with Crippen molar-refractivity contribution >= 4 is 0 Å². The van der Waals surface area contributed by atoms with Crippen LogP contribution in [-0.4, -0.2) is 12.6 Å². The Kier molecular flexibility index (Phi) is 3.51. The molecule has 0 saturated heterocycles. The molecule has 1 heterocycles. The van der Waals surface area contributed by atoms with Crippen molar-refractivity contribution in [2.24, 2.45) is 11.7 Å². The molecule has 1 saturated carbocycles. The number of rotatable bonds is 4. The Morgan fingerprint density at radius 1 is 1.00 bits per heavy atom. The largest absolute Gasteiger partial charge is 0.485 e. The molecule has 4 rings (SSSR count). The van der Waals surface area contributed by atoms with Gasteiger partial charge in [0.15, 0.2) is 17.6 Å². The summed E-state index contributed by atoms with van der Waals surface area (Å²) in [5, 5.41) is 0. The summed E-state index contributed by atoms with van der Waals surface area (Å²) in [5.74, 6) is 2.38. The second kappa shape index (κ2) is 5.65. The number of hydrogen-bond donors (Lipinski definition) is 1. The van der Waals surface area contributed by atoms with Gasteiger partial charge in [0.1, 0.15) is 6.61 Å². The van der Waals surface area contributed by atoms with Gasteiger partial charge < -0.3 is 15.2 Å². The van der Waals surface area contributed by atoms with Crippen LogP contribution in [-0.2, 0) is 6.42 Å². The second-order valence-corrected chi connectivity index (χ2v) is 6.31. The molecule has 3 heteroatoms. The fourth-order valence-electron chi connectivity index (χ4n) is 3.02. The third-order valence-corrected chi connectivity index (χ3v) is 4.56. The van der Waals surface area contributed by atoms with Gasteiger partial charge >= 0.3 is 0 Å². The van der Waals surface area contributed by atoms with Crippen molar-refractivity contribution in [3.05, 3.63) is 59.7 Å². The van der Waals surface area contributed by atoms with Crippen molar-refractivity contribution in [2.75, 3.05) is 6.61 Å². The van der Waals surface area contributed by atoms with E-state index in [2.05, 4.69) is 24.3 Å². The molecule has 0 aromatic heterocycles. The maximum Gasteiger partial charge on any atom is 0.162 e. The minimum Gasteiger partial charge on any atom is -0.485 e. The molecule has 2 atom stereocenters. The normalized spacial score (nSPS) is 21.4. The first-order valence-electron chi connectivity index (χ1n) is 8.02. The van der Waals surface area contributed by atoms with Gasteiger partial charge in [0.25, 0.3) is 0 Å². The molecule has 2 N–H and O–H groups in total. The number of benzene rings is 2. The molecule has 1 aliphatic heterocycles. The average Bonchev–Trinajstić information content (AvgIpc) is 3.40. The van der Waals surface area contributed by atoms with E-state index in [0.717, 1.165) is 29.4 Å². The van der Waals surface area contributed by atoms with E-state index in [1.165, 1.54) is 18.4 Å². The van der Waals surface area contributed by atoms with Crippen LogP contribution in [0.1, 0.15) is 30.1 Å². The zero-order chi connectivity index (χ0) is 14.9. The number of hydrogen-bond acceptors (Lipinski definition) is 3. The molecular weight excluding hydrogens is 274 g/mol. The lowest BCUT2D eigenvalue weighted by Crippen LogP contribution is -2.25. The molecule has 2 unspecified atom stereocenters. The topological polar surface area (TPSA) is 44.5 Å². The molecule has 114 valence electrons. The number of para-hydroxylation sites is 2. The van der Waals surface area contributed by atoms with Crippen molar-refractivity contribution in [2.45, 2.75) is 31.4 Å². The van der Waals surface area contributed by atoms with Gasteiger partial charge in [0, 0.05) is 6.04 Å². The Bertz CT molecular complexity index is 649. The highest BCUT2D eigenvalue weighted by Crippen LogP contribution is 2.36. The fraction of sp³-hybridized carbons (Fsp3) is 0.368. The van der Waals surface area contributed by atoms with E-state index in [4.69, 9.17) is 15.2 Å². The van der Waals surface area contributed by atoms with E-state index in [-0.39, 0.29) is 6.10 Å². The number of fused-ring (bicyclic) bond motifs is 1. The molecule has 0 spiro atoms. The third-order valence-electron chi connectivity index (χ3n) is 4.56. The van der Waals surface area contributed by atoms with Crippen LogP contribution < -0.4 is 15.2 Å². The quantitative estimate of drug-likeness (QED) is 0.939. The van der Waals surface area contributed by atoms with Crippen LogP contribution in [0.5, 0.6) is 11.5 Å². The van der Waals surface area contributed by atoms with Crippen molar-refractivity contribution in [1.29, 1.82) is 0 Å². The van der Waals surface area contributed by atoms with E-state index >= 15 is 0 Å². The van der Waals surface area contributed by atoms with Gasteiger partial charge in [-0.1, -0.05) is 36.4 Å². The Morgan fingerprint density at radius 2 is 1.73 bits per heavy atom. The fourth-order valence-corrected chi connectivity index (χ4v) is 3.02. The van der Waals surface area contributed by atoms with E-state index < -0.39 is 0 Å². The first-order chi connectivity index (χ1) is 10.8. The molecule has 22 heavy (non-hydrogen) atoms. The van der Waals surface area contributed by atoms with Gasteiger partial charge in [-0.2, -0.15) is 0 Å². The predicted molar refractivity (Wildman–Crippen MR) is 86.2 cm³/mol. The average molecular weight is 295 g/mol. The van der Waals surface area contributed by atoms with Crippen LogP contribution in [0.4, 0.5) is 0 Å². The van der Waals surface area contributed by atoms with Gasteiger partial charge in [-0.05, 0) is 48.4 Å². The predicted octanol–water partition coefficient (Wildman–Crippen LogP) is 3.48. The SMILES string of the molecule is NC(Cc1ccc(C2COc3ccccc3O2)cc1)C1CC1. The molecule has 0 radical (unpaired) electrons. The molecule has 2 aliphatic rings. The Labute approximate surface area is 131 Å². The molecule has 2 aromatic rings. The summed E-state index contributed by atoms with van der Waals surface area (Å²) in [6.07, 6.45) is 3.52. The van der Waals surface area contributed by atoms with Crippen molar-refractivity contribution in [3.8, 4) is 11.5 Å². The summed E-state index contributed by atoms with van der Waals surface area (Å²) in [6, 6.07) is 16.7. The van der Waals surface area contributed by atoms with Crippen molar-refractivity contribution < 1.29 is 9.47 Å². The zero-order valence-electron chi connectivity index (χ0n) is 12.6. The van der Waals surface area contributed by atoms with Crippen LogP contribution in [0, 0.1) is 5.92 Å². The van der Waals surface area contributed by atoms with Gasteiger partial charge in [0.2, 0.25) is 0 Å². The molecule has 0 amide bonds. The highest BCUT2D eigenvalue weighted by atomic mass is 16.6. The van der Waals surface area contributed by atoms with Crippen molar-refractivity contribution in [1.82, 2.24) is 0 Å². The summed E-state index contributed by atoms with van der Waals surface area (Å²) in [7, 11) is 0. The van der Waals surface area contributed by atoms with E-state index in [1.807, 2.05) is 24.3 Å². The Hall–Kier alpha value is -2.00. The molecular formula is C19H21NO2. The van der Waals surface area contributed by atoms with Crippen LogP contribution in [0.2, 0.25) is 0 Å². The standard InChI is InChI=1S/C19H21NO2/c20-16(14-9-10-14)11-13-5-7-15(8-6-13)19-12-21-17-3-1-2-4-18(17)22-19/h1-8,14,16,19H,9-12,20H2. The van der Waals surface area contributed by atoms with Gasteiger partial charge in [-0.15, -0.1) is 0 Å². The molecule has 1 aliphatic carbocycles. The van der Waals surface area contributed by atoms with Crippen LogP contribution in [0.15, 0.2) is 48.5 Å². The molecule has 0 bridgehead atoms. The lowest BCUT2D eigenvalue weighted by molar-refractivity contribution is 0.0913. The first kappa shape index (κ1) is 13.6. The Morgan fingerprint density at radius 3 is 2.45 bits per heavy atom. The molecule has 1 fully saturated rings. The summed E-state index contributed by atoms with van der Waals surface area (Å²) < 4.78 is 11.8. The summed E-state index contributed by atoms with van der Waals surface area (Å²) in [5.41, 5.74) is 8.66. The lowest BCUT2D eigenvalue weighted by Gasteiger charge is -2.26. The summed E-state index contributed by atoms with van der Waals surface area (Å²) in [4.78, 5) is 0. The lowest BCUT2D eigenvalue weighted by atomic mass is 10.0. The number of nitrogens with two attached hydrogens (primary N) is 1. The van der Waals surface area contributed by atoms with Gasteiger partial charge in [-0.25, -0.2) is 0 Å². The summed E-state index contributed by atoms with van der Waals surface area (Å²) >= 11 is 0. The Balaban J connectivity index is 1.45. The maximum absolute atomic E-state index is 6.20. The minimum absolute atomic E-state index is 0.0407. The van der Waals surface area contributed by atoms with Crippen LogP contribution in [0.3, 0.4) is 0 Å². The first-order valence-corrected chi connectivity index (χ1v) is 8.02. The van der Waals surface area contributed by atoms with Crippen LogP contribution >= 0.6 is 0 Å². The van der Waals surface area contributed by atoms with Gasteiger partial charge in [-0.3, -0.25) is 0 Å². The smallest absolute Gasteiger partial charge is 0.162 e. The molecule has 2 aromatic carbocycles. The third kappa shape index (κ3) is 2.81. The monoisotopic (exact) mass is 295 g/mol. The van der Waals surface area contributed by atoms with E-state index in [1.54, 1.807) is 0 Å². The highest BCUT2D eigenvalue weighted by Gasteiger charge is 2.28. The minimum atomic E-state index is -0.0407. The summed E-state index contributed by atoms with van der Waals surface area (Å²) in [6.45, 7) is 0.554. The van der Waals surface area contributed by atoms with E-state index in [0.29, 0.717) is 12.6 Å². The number of ether oxygens (including phenoxy) is 2. The zero-order valence-corrected chi connectivity index (χ0v) is 12.6. The maximum atomic E-state index is 6.20. The highest BCUT2D eigenvalue weighted by molar-refractivity contribution is 5.41. The van der Waals surface area contributed by atoms with Gasteiger partial charge in [0.05, 0.1) is 0 Å². The second-order valence-electron chi connectivity index (χ2n) is 6.31. The van der Waals surface area contributed by atoms with E-state index in [9.17, 15) is 0 Å². The van der Waals surface area contributed by atoms with Crippen LogP contribution in [0.25, 0.3) is 0 Å². The van der Waals surface area contributed by atoms with Crippen molar-refractivity contribution in [3.63, 3.8) is 0 Å². The molecule has 3 nitrogen and oxygen atoms in total.